The molecule has 0 aromatic carbocycles. The van der Waals surface area contributed by atoms with Crippen molar-refractivity contribution in [1.29, 1.82) is 0 Å². The maximum absolute atomic E-state index is 11.5. The van der Waals surface area contributed by atoms with Gasteiger partial charge in [-0.05, 0) is 6.92 Å². The molecule has 0 aliphatic carbocycles. The van der Waals surface area contributed by atoms with Crippen molar-refractivity contribution in [2.24, 2.45) is 0 Å². The summed E-state index contributed by atoms with van der Waals surface area (Å²) in [4.78, 5) is 12.4. The summed E-state index contributed by atoms with van der Waals surface area (Å²) in [5.41, 5.74) is -3.06. The summed E-state index contributed by atoms with van der Waals surface area (Å²) in [5.74, 6) is -2.00. The van der Waals surface area contributed by atoms with Gasteiger partial charge in [0.2, 0.25) is 5.60 Å². The molecule has 0 bridgehead atoms. The predicted octanol–water partition coefficient (Wildman–Crippen LogP) is 0.430. The number of carbonyl (C=O) groups excluding carboxylic acids is 1. The van der Waals surface area contributed by atoms with Gasteiger partial charge in [0, 0.05) is 4.53 Å². The SMILES string of the molecule is C[C@](O)(C(=O)OF)C(F)F. The third-order valence-corrected chi connectivity index (χ3v) is 0.908. The maximum Gasteiger partial charge on any atom is 0.385 e. The van der Waals surface area contributed by atoms with Crippen molar-refractivity contribution < 1.29 is 28.1 Å². The van der Waals surface area contributed by atoms with Crippen LogP contribution in [0.4, 0.5) is 13.3 Å². The Bertz CT molecular complexity index is 134. The number of rotatable bonds is 2. The third-order valence-electron chi connectivity index (χ3n) is 0.908. The molecule has 1 atom stereocenters. The summed E-state index contributed by atoms with van der Waals surface area (Å²) in [7, 11) is 0. The van der Waals surface area contributed by atoms with E-state index in [2.05, 4.69) is 4.94 Å². The Morgan fingerprint density at radius 3 is 2.20 bits per heavy atom. The van der Waals surface area contributed by atoms with Gasteiger partial charge in [-0.1, -0.05) is 0 Å². The molecule has 6 heteroatoms. The second kappa shape index (κ2) is 2.87. The largest absolute Gasteiger partial charge is 0.385 e. The van der Waals surface area contributed by atoms with Crippen molar-refractivity contribution in [1.82, 2.24) is 0 Å². The van der Waals surface area contributed by atoms with Gasteiger partial charge in [-0.3, -0.25) is 4.94 Å². The molecule has 0 aromatic heterocycles. The van der Waals surface area contributed by atoms with Crippen LogP contribution in [0.1, 0.15) is 6.92 Å². The molecule has 0 heterocycles. The van der Waals surface area contributed by atoms with E-state index in [0.717, 1.165) is 0 Å². The minimum Gasteiger partial charge on any atom is -0.374 e. The molecule has 60 valence electrons. The lowest BCUT2D eigenvalue weighted by molar-refractivity contribution is -0.216. The first-order chi connectivity index (χ1) is 4.42. The van der Waals surface area contributed by atoms with Crippen LogP contribution in [0.2, 0.25) is 0 Å². The second-order valence-electron chi connectivity index (χ2n) is 1.81. The number of carbonyl (C=O) groups is 1. The molecule has 0 fully saturated rings. The quantitative estimate of drug-likeness (QED) is 0.633. The predicted molar refractivity (Wildman–Crippen MR) is 23.8 cm³/mol. The van der Waals surface area contributed by atoms with E-state index in [9.17, 15) is 18.1 Å². The minimum absolute atomic E-state index is 0.458. The number of hydrogen-bond acceptors (Lipinski definition) is 3. The second-order valence-corrected chi connectivity index (χ2v) is 1.81. The highest BCUT2D eigenvalue weighted by atomic mass is 19.3. The lowest BCUT2D eigenvalue weighted by atomic mass is 10.1. The van der Waals surface area contributed by atoms with Crippen LogP contribution in [0, 0.1) is 0 Å². The number of hydrogen-bond donors (Lipinski definition) is 1. The average Bonchev–Trinajstić information content (AvgIpc) is 1.86. The Morgan fingerprint density at radius 1 is 1.70 bits per heavy atom. The Balaban J connectivity index is 4.24. The first kappa shape index (κ1) is 9.22. The Kier molecular flexibility index (Phi) is 2.65. The fraction of sp³-hybridized carbons (Fsp3) is 0.750. The fourth-order valence-electron chi connectivity index (χ4n) is 0.167. The van der Waals surface area contributed by atoms with E-state index in [-0.39, 0.29) is 0 Å². The van der Waals surface area contributed by atoms with Crippen LogP contribution in [-0.2, 0) is 9.74 Å². The molecule has 0 aliphatic heterocycles. The minimum atomic E-state index is -3.37. The molecule has 0 aliphatic rings. The van der Waals surface area contributed by atoms with Crippen molar-refractivity contribution in [3.05, 3.63) is 0 Å². The molecule has 10 heavy (non-hydrogen) atoms. The Hall–Kier alpha value is -0.780. The van der Waals surface area contributed by atoms with Crippen LogP contribution in [-0.4, -0.2) is 23.1 Å². The molecular formula is C4H5F3O3. The molecule has 0 amide bonds. The highest BCUT2D eigenvalue weighted by Crippen LogP contribution is 2.16. The molecule has 0 aromatic rings. The van der Waals surface area contributed by atoms with Crippen molar-refractivity contribution in [3.63, 3.8) is 0 Å². The van der Waals surface area contributed by atoms with Crippen molar-refractivity contribution in [2.75, 3.05) is 0 Å². The van der Waals surface area contributed by atoms with E-state index in [4.69, 9.17) is 5.11 Å². The van der Waals surface area contributed by atoms with Gasteiger partial charge < -0.3 is 5.11 Å². The van der Waals surface area contributed by atoms with Gasteiger partial charge in [-0.15, -0.1) is 0 Å². The molecular weight excluding hydrogens is 153 g/mol. The molecule has 3 nitrogen and oxygen atoms in total. The monoisotopic (exact) mass is 158 g/mol. The maximum atomic E-state index is 11.5. The Labute approximate surface area is 54.3 Å². The van der Waals surface area contributed by atoms with Crippen molar-refractivity contribution >= 4 is 5.97 Å². The molecule has 0 spiro atoms. The van der Waals surface area contributed by atoms with E-state index in [1.807, 2.05) is 0 Å². The zero-order valence-corrected chi connectivity index (χ0v) is 4.97. The van der Waals surface area contributed by atoms with Crippen LogP contribution in [0.15, 0.2) is 0 Å². The van der Waals surface area contributed by atoms with Crippen LogP contribution >= 0.6 is 0 Å². The first-order valence-corrected chi connectivity index (χ1v) is 2.26. The van der Waals surface area contributed by atoms with Crippen LogP contribution < -0.4 is 0 Å². The van der Waals surface area contributed by atoms with E-state index in [1.54, 1.807) is 0 Å². The van der Waals surface area contributed by atoms with Crippen molar-refractivity contribution in [3.8, 4) is 0 Å². The van der Waals surface area contributed by atoms with Gasteiger partial charge in [0.05, 0.1) is 0 Å². The summed E-state index contributed by atoms with van der Waals surface area (Å²) in [6.45, 7) is 0.458. The van der Waals surface area contributed by atoms with Gasteiger partial charge in [-0.25, -0.2) is 13.6 Å². The van der Waals surface area contributed by atoms with Crippen LogP contribution in [0.3, 0.4) is 0 Å². The zero-order valence-electron chi connectivity index (χ0n) is 4.97. The standard InChI is InChI=1S/C4H5F3O3/c1-4(9,2(5)6)3(8)10-7/h2,9H,1H3/t4-/m1/s1. The van der Waals surface area contributed by atoms with Gasteiger partial charge in [0.1, 0.15) is 0 Å². The van der Waals surface area contributed by atoms with Crippen LogP contribution in [0.25, 0.3) is 0 Å². The smallest absolute Gasteiger partial charge is 0.374 e. The highest BCUT2D eigenvalue weighted by Gasteiger charge is 2.43. The van der Waals surface area contributed by atoms with E-state index >= 15 is 0 Å². The highest BCUT2D eigenvalue weighted by molar-refractivity contribution is 5.78. The number of aliphatic hydroxyl groups is 1. The molecule has 0 rings (SSSR count). The van der Waals surface area contributed by atoms with E-state index in [1.165, 1.54) is 0 Å². The summed E-state index contributed by atoms with van der Waals surface area (Å²) >= 11 is 0. The summed E-state index contributed by atoms with van der Waals surface area (Å²) in [6, 6.07) is 0. The molecule has 0 saturated heterocycles. The fourth-order valence-corrected chi connectivity index (χ4v) is 0.167. The normalized spacial score (nSPS) is 16.6. The molecule has 0 unspecified atom stereocenters. The molecule has 1 N–H and O–H groups in total. The van der Waals surface area contributed by atoms with Gasteiger partial charge in [0.15, 0.2) is 0 Å². The third kappa shape index (κ3) is 1.60. The summed E-state index contributed by atoms with van der Waals surface area (Å²) in [6.07, 6.45) is -3.37. The van der Waals surface area contributed by atoms with E-state index in [0.29, 0.717) is 6.92 Å². The lowest BCUT2D eigenvalue weighted by Crippen LogP contribution is -2.42. The van der Waals surface area contributed by atoms with Gasteiger partial charge in [-0.2, -0.15) is 0 Å². The number of halogens is 3. The van der Waals surface area contributed by atoms with Gasteiger partial charge in [0.25, 0.3) is 6.43 Å². The molecule has 0 radical (unpaired) electrons. The van der Waals surface area contributed by atoms with Crippen molar-refractivity contribution in [2.45, 2.75) is 19.0 Å². The van der Waals surface area contributed by atoms with Crippen LogP contribution in [0.5, 0.6) is 0 Å². The summed E-state index contributed by atoms with van der Waals surface area (Å²) in [5, 5.41) is 8.40. The molecule has 0 saturated carbocycles. The van der Waals surface area contributed by atoms with E-state index < -0.39 is 18.0 Å². The summed E-state index contributed by atoms with van der Waals surface area (Å²) < 4.78 is 34.0. The average molecular weight is 158 g/mol. The first-order valence-electron chi connectivity index (χ1n) is 2.26. The Morgan fingerprint density at radius 2 is 2.10 bits per heavy atom. The lowest BCUT2D eigenvalue weighted by Gasteiger charge is -2.15. The van der Waals surface area contributed by atoms with Gasteiger partial charge >= 0.3 is 5.97 Å². The zero-order chi connectivity index (χ0) is 8.36. The topological polar surface area (TPSA) is 46.5 Å². The number of alkyl halides is 2.